The molecular weight excluding hydrogens is 424 g/mol. The fraction of sp³-hybridized carbons (Fsp3) is 0.227. The molecular formula is C22H19F2N3O5. The highest BCUT2D eigenvalue weighted by atomic mass is 19.1. The molecule has 0 saturated carbocycles. The second kappa shape index (κ2) is 8.75. The van der Waals surface area contributed by atoms with Gasteiger partial charge >= 0.3 is 6.09 Å². The van der Waals surface area contributed by atoms with Crippen LogP contribution in [0.5, 0.6) is 0 Å². The molecule has 2 aromatic carbocycles. The van der Waals surface area contributed by atoms with E-state index in [1.54, 1.807) is 0 Å². The highest BCUT2D eigenvalue weighted by Crippen LogP contribution is 2.32. The van der Waals surface area contributed by atoms with Crippen molar-refractivity contribution in [2.45, 2.75) is 19.6 Å². The second-order valence-electron chi connectivity index (χ2n) is 7.25. The third-order valence-electron chi connectivity index (χ3n) is 4.99. The van der Waals surface area contributed by atoms with Crippen molar-refractivity contribution in [2.75, 3.05) is 18.0 Å². The van der Waals surface area contributed by atoms with Crippen molar-refractivity contribution in [3.8, 4) is 22.4 Å². The van der Waals surface area contributed by atoms with Crippen LogP contribution in [0.4, 0.5) is 19.3 Å². The highest BCUT2D eigenvalue weighted by molar-refractivity contribution is 5.90. The van der Waals surface area contributed by atoms with Crippen LogP contribution in [-0.4, -0.2) is 41.5 Å². The van der Waals surface area contributed by atoms with Crippen LogP contribution in [0.2, 0.25) is 0 Å². The number of rotatable bonds is 6. The molecule has 166 valence electrons. The Kier molecular flexibility index (Phi) is 5.87. The summed E-state index contributed by atoms with van der Waals surface area (Å²) in [6.07, 6.45) is -1.18. The van der Waals surface area contributed by atoms with E-state index in [-0.39, 0.29) is 53.9 Å². The van der Waals surface area contributed by atoms with Crippen LogP contribution in [0, 0.1) is 11.6 Å². The summed E-state index contributed by atoms with van der Waals surface area (Å²) >= 11 is 0. The van der Waals surface area contributed by atoms with Gasteiger partial charge in [0.25, 0.3) is 0 Å². The lowest BCUT2D eigenvalue weighted by molar-refractivity contribution is -0.119. The number of anilines is 1. The standard InChI is InChI=1S/C22H19F2N3O5/c1-12(29)25-9-16-10-27(22(30)31-16)14-3-5-17(20(24)7-14)13-2-4-18(19(23)6-13)21-8-15(11-28)32-26-21/h2-8,16,28H,9-11H2,1H3,(H,25,29)/t16-/m0/s1. The molecule has 3 aromatic rings. The number of hydrogen-bond acceptors (Lipinski definition) is 6. The lowest BCUT2D eigenvalue weighted by Crippen LogP contribution is -2.33. The van der Waals surface area contributed by atoms with Crippen LogP contribution >= 0.6 is 0 Å². The van der Waals surface area contributed by atoms with Crippen LogP contribution in [0.3, 0.4) is 0 Å². The van der Waals surface area contributed by atoms with Crippen LogP contribution in [-0.2, 0) is 16.1 Å². The van der Waals surface area contributed by atoms with Gasteiger partial charge < -0.3 is 19.7 Å². The molecule has 8 nitrogen and oxygen atoms in total. The second-order valence-corrected chi connectivity index (χ2v) is 7.25. The minimum absolute atomic E-state index is 0.151. The number of benzene rings is 2. The lowest BCUT2D eigenvalue weighted by Gasteiger charge is -2.15. The number of carbonyl (C=O) groups excluding carboxylic acids is 2. The summed E-state index contributed by atoms with van der Waals surface area (Å²) in [5.41, 5.74) is 1.11. The van der Waals surface area contributed by atoms with Gasteiger partial charge in [-0.2, -0.15) is 0 Å². The number of halogens is 2. The van der Waals surface area contributed by atoms with Gasteiger partial charge in [-0.15, -0.1) is 0 Å². The topological polar surface area (TPSA) is 105 Å². The largest absolute Gasteiger partial charge is 0.442 e. The molecule has 2 heterocycles. The SMILES string of the molecule is CC(=O)NC[C@H]1CN(c2ccc(-c3ccc(-c4cc(CO)on4)c(F)c3)c(F)c2)C(=O)O1. The molecule has 1 fully saturated rings. The third-order valence-corrected chi connectivity index (χ3v) is 4.99. The first-order valence-electron chi connectivity index (χ1n) is 9.74. The molecule has 0 unspecified atom stereocenters. The van der Waals surface area contributed by atoms with Gasteiger partial charge in [-0.05, 0) is 35.9 Å². The first-order valence-corrected chi connectivity index (χ1v) is 9.74. The molecule has 1 aromatic heterocycles. The number of carbonyl (C=O) groups is 2. The molecule has 1 atom stereocenters. The fourth-order valence-electron chi connectivity index (χ4n) is 3.41. The molecule has 1 aliphatic heterocycles. The highest BCUT2D eigenvalue weighted by Gasteiger charge is 2.32. The van der Waals surface area contributed by atoms with Gasteiger partial charge in [0.1, 0.15) is 30.0 Å². The molecule has 0 spiro atoms. The average Bonchev–Trinajstić information content (AvgIpc) is 3.38. The molecule has 2 amide bonds. The Morgan fingerprint density at radius 2 is 1.94 bits per heavy atom. The van der Waals surface area contributed by atoms with E-state index in [4.69, 9.17) is 14.4 Å². The Morgan fingerprint density at radius 1 is 1.19 bits per heavy atom. The van der Waals surface area contributed by atoms with Crippen molar-refractivity contribution in [3.05, 3.63) is 59.9 Å². The Labute approximate surface area is 181 Å². The Morgan fingerprint density at radius 3 is 2.59 bits per heavy atom. The summed E-state index contributed by atoms with van der Waals surface area (Å²) in [6.45, 7) is 1.32. The summed E-state index contributed by atoms with van der Waals surface area (Å²) in [5.74, 6) is -1.32. The summed E-state index contributed by atoms with van der Waals surface area (Å²) in [7, 11) is 0. The van der Waals surface area contributed by atoms with Crippen LogP contribution in [0.25, 0.3) is 22.4 Å². The molecule has 2 N–H and O–H groups in total. The maximum absolute atomic E-state index is 14.9. The van der Waals surface area contributed by atoms with Gasteiger partial charge in [-0.25, -0.2) is 13.6 Å². The van der Waals surface area contributed by atoms with E-state index in [9.17, 15) is 18.4 Å². The van der Waals surface area contributed by atoms with Gasteiger partial charge in [-0.3, -0.25) is 9.69 Å². The number of hydrogen-bond donors (Lipinski definition) is 2. The Bertz CT molecular complexity index is 1180. The van der Waals surface area contributed by atoms with Crippen LogP contribution in [0.1, 0.15) is 12.7 Å². The quantitative estimate of drug-likeness (QED) is 0.606. The van der Waals surface area contributed by atoms with Crippen molar-refractivity contribution >= 4 is 17.7 Å². The van der Waals surface area contributed by atoms with E-state index < -0.39 is 23.8 Å². The fourth-order valence-corrected chi connectivity index (χ4v) is 3.41. The van der Waals surface area contributed by atoms with Crippen molar-refractivity contribution in [2.24, 2.45) is 0 Å². The number of nitrogens with zero attached hydrogens (tertiary/aromatic N) is 2. The van der Waals surface area contributed by atoms with Crippen molar-refractivity contribution in [1.29, 1.82) is 0 Å². The monoisotopic (exact) mass is 443 g/mol. The summed E-state index contributed by atoms with van der Waals surface area (Å²) in [6, 6.07) is 9.74. The molecule has 0 aliphatic carbocycles. The number of cyclic esters (lactones) is 1. The van der Waals surface area contributed by atoms with Crippen LogP contribution < -0.4 is 10.2 Å². The first-order chi connectivity index (χ1) is 15.4. The van der Waals surface area contributed by atoms with Gasteiger partial charge in [0.15, 0.2) is 5.76 Å². The zero-order valence-corrected chi connectivity index (χ0v) is 17.0. The first kappa shape index (κ1) is 21.4. The average molecular weight is 443 g/mol. The normalized spacial score (nSPS) is 15.7. The van der Waals surface area contributed by atoms with Crippen molar-refractivity contribution < 1.29 is 32.7 Å². The minimum atomic E-state index is -0.642. The number of aliphatic hydroxyl groups excluding tert-OH is 1. The maximum Gasteiger partial charge on any atom is 0.414 e. The molecule has 0 radical (unpaired) electrons. The zero-order chi connectivity index (χ0) is 22.8. The van der Waals surface area contributed by atoms with E-state index >= 15 is 0 Å². The summed E-state index contributed by atoms with van der Waals surface area (Å²) < 4.78 is 39.6. The zero-order valence-electron chi connectivity index (χ0n) is 17.0. The Hall–Kier alpha value is -3.79. The number of ether oxygens (including phenoxy) is 1. The number of aromatic nitrogens is 1. The molecule has 1 saturated heterocycles. The van der Waals surface area contributed by atoms with Gasteiger partial charge in [0.05, 0.1) is 18.8 Å². The number of nitrogens with one attached hydrogen (secondary N) is 1. The minimum Gasteiger partial charge on any atom is -0.442 e. The van der Waals surface area contributed by atoms with Crippen molar-refractivity contribution in [3.63, 3.8) is 0 Å². The third kappa shape index (κ3) is 4.30. The summed E-state index contributed by atoms with van der Waals surface area (Å²) in [5, 5.41) is 15.3. The van der Waals surface area contributed by atoms with E-state index in [1.807, 2.05) is 0 Å². The van der Waals surface area contributed by atoms with Gasteiger partial charge in [-0.1, -0.05) is 11.2 Å². The van der Waals surface area contributed by atoms with E-state index in [0.29, 0.717) is 5.56 Å². The van der Waals surface area contributed by atoms with E-state index in [1.165, 1.54) is 54.3 Å². The predicted octanol–water partition coefficient (Wildman–Crippen LogP) is 3.24. The molecule has 1 aliphatic rings. The van der Waals surface area contributed by atoms with Gasteiger partial charge in [0, 0.05) is 24.1 Å². The molecule has 4 rings (SSSR count). The Balaban J connectivity index is 1.54. The smallest absolute Gasteiger partial charge is 0.414 e. The summed E-state index contributed by atoms with van der Waals surface area (Å²) in [4.78, 5) is 24.4. The van der Waals surface area contributed by atoms with E-state index in [2.05, 4.69) is 10.5 Å². The molecule has 32 heavy (non-hydrogen) atoms. The molecule has 0 bridgehead atoms. The number of aliphatic hydroxyl groups is 1. The van der Waals surface area contributed by atoms with Crippen molar-refractivity contribution in [1.82, 2.24) is 10.5 Å². The predicted molar refractivity (Wildman–Crippen MR) is 110 cm³/mol. The van der Waals surface area contributed by atoms with E-state index in [0.717, 1.165) is 0 Å². The van der Waals surface area contributed by atoms with Gasteiger partial charge in [0.2, 0.25) is 5.91 Å². The molecule has 10 heteroatoms. The van der Waals surface area contributed by atoms with Crippen LogP contribution in [0.15, 0.2) is 47.0 Å². The number of amides is 2. The maximum atomic E-state index is 14.9. The lowest BCUT2D eigenvalue weighted by atomic mass is 10.0.